The predicted molar refractivity (Wildman–Crippen MR) is 92.3 cm³/mol. The van der Waals surface area contributed by atoms with Gasteiger partial charge in [0, 0.05) is 10.6 Å². The molecule has 0 aliphatic heterocycles. The lowest BCUT2D eigenvalue weighted by molar-refractivity contribution is 0.0241. The molecule has 2 heterocycles. The Kier molecular flexibility index (Phi) is 4.02. The number of thiophene rings is 1. The number of amides is 1. The highest BCUT2D eigenvalue weighted by Crippen LogP contribution is 2.39. The molecule has 0 saturated heterocycles. The van der Waals surface area contributed by atoms with Crippen molar-refractivity contribution in [3.8, 4) is 0 Å². The van der Waals surface area contributed by atoms with E-state index in [1.165, 1.54) is 0 Å². The smallest absolute Gasteiger partial charge is 0.261 e. The van der Waals surface area contributed by atoms with Crippen LogP contribution in [0.1, 0.15) is 51.8 Å². The Hall–Kier alpha value is -1.92. The molecule has 0 aromatic carbocycles. The molecule has 1 amide bonds. The number of hydrogen-bond donors (Lipinski definition) is 3. The van der Waals surface area contributed by atoms with Crippen molar-refractivity contribution in [3.63, 3.8) is 0 Å². The first kappa shape index (κ1) is 15.6. The number of aromatic amines is 1. The van der Waals surface area contributed by atoms with Crippen LogP contribution < -0.4 is 10.9 Å². The van der Waals surface area contributed by atoms with Crippen LogP contribution in [0.15, 0.2) is 28.4 Å². The molecular formula is C18H20N2O3S. The number of aromatic nitrogens is 1. The Morgan fingerprint density at radius 1 is 1.38 bits per heavy atom. The highest BCUT2D eigenvalue weighted by atomic mass is 32.1. The molecule has 0 unspecified atom stereocenters. The molecule has 2 aromatic rings. The third kappa shape index (κ3) is 2.80. The van der Waals surface area contributed by atoms with E-state index in [1.54, 1.807) is 17.4 Å². The van der Waals surface area contributed by atoms with Gasteiger partial charge in [0.05, 0.1) is 12.1 Å². The van der Waals surface area contributed by atoms with E-state index in [0.717, 1.165) is 35.4 Å². The second-order valence-electron chi connectivity index (χ2n) is 6.72. The summed E-state index contributed by atoms with van der Waals surface area (Å²) >= 11 is 1.59. The minimum Gasteiger partial charge on any atom is -0.393 e. The van der Waals surface area contributed by atoms with E-state index >= 15 is 0 Å². The van der Waals surface area contributed by atoms with Crippen LogP contribution in [-0.2, 0) is 12.8 Å². The number of aliphatic hydroxyl groups excluding tert-OH is 1. The fraction of sp³-hybridized carbons (Fsp3) is 0.444. The zero-order chi connectivity index (χ0) is 16.7. The maximum absolute atomic E-state index is 12.7. The fourth-order valence-corrected chi connectivity index (χ4v) is 4.56. The Balaban J connectivity index is 1.58. The summed E-state index contributed by atoms with van der Waals surface area (Å²) in [6.07, 6.45) is 3.90. The highest BCUT2D eigenvalue weighted by Gasteiger charge is 2.36. The number of rotatable bonds is 4. The molecule has 0 spiro atoms. The lowest BCUT2D eigenvalue weighted by Gasteiger charge is -2.37. The van der Waals surface area contributed by atoms with E-state index in [-0.39, 0.29) is 35.1 Å². The summed E-state index contributed by atoms with van der Waals surface area (Å²) in [5.74, 6) is -0.109. The maximum Gasteiger partial charge on any atom is 0.261 e. The lowest BCUT2D eigenvalue weighted by Crippen LogP contribution is -2.42. The van der Waals surface area contributed by atoms with Crippen LogP contribution in [0.25, 0.3) is 0 Å². The highest BCUT2D eigenvalue weighted by molar-refractivity contribution is 7.10. The quantitative estimate of drug-likeness (QED) is 0.795. The van der Waals surface area contributed by atoms with Gasteiger partial charge in [0.15, 0.2) is 0 Å². The minimum absolute atomic E-state index is 0.145. The second-order valence-corrected chi connectivity index (χ2v) is 7.70. The summed E-state index contributed by atoms with van der Waals surface area (Å²) < 4.78 is 0. The molecule has 0 radical (unpaired) electrons. The van der Waals surface area contributed by atoms with E-state index in [1.807, 2.05) is 17.5 Å². The van der Waals surface area contributed by atoms with E-state index in [9.17, 15) is 14.7 Å². The summed E-state index contributed by atoms with van der Waals surface area (Å²) in [6.45, 7) is 0. The van der Waals surface area contributed by atoms with Gasteiger partial charge in [-0.1, -0.05) is 6.07 Å². The largest absolute Gasteiger partial charge is 0.393 e. The number of carbonyl (C=O) groups excluding carboxylic acids is 1. The first-order valence-corrected chi connectivity index (χ1v) is 9.27. The molecule has 3 N–H and O–H groups in total. The van der Waals surface area contributed by atoms with Gasteiger partial charge in [0.1, 0.15) is 5.56 Å². The lowest BCUT2D eigenvalue weighted by atomic mass is 9.76. The summed E-state index contributed by atoms with van der Waals surface area (Å²) in [5, 5.41) is 14.6. The molecule has 1 saturated carbocycles. The van der Waals surface area contributed by atoms with E-state index in [4.69, 9.17) is 0 Å². The molecule has 2 aliphatic rings. The van der Waals surface area contributed by atoms with Crippen LogP contribution in [-0.4, -0.2) is 22.1 Å². The molecule has 1 fully saturated rings. The number of aryl methyl sites for hydroxylation is 2. The molecule has 5 nitrogen and oxygen atoms in total. The van der Waals surface area contributed by atoms with Gasteiger partial charge in [-0.05, 0) is 61.1 Å². The molecule has 1 atom stereocenters. The molecule has 2 aliphatic carbocycles. The van der Waals surface area contributed by atoms with Gasteiger partial charge in [-0.2, -0.15) is 0 Å². The summed E-state index contributed by atoms with van der Waals surface area (Å²) in [7, 11) is 0. The third-order valence-electron chi connectivity index (χ3n) is 5.09. The molecule has 2 aromatic heterocycles. The van der Waals surface area contributed by atoms with Crippen LogP contribution >= 0.6 is 11.3 Å². The average molecular weight is 344 g/mol. The van der Waals surface area contributed by atoms with Gasteiger partial charge < -0.3 is 15.4 Å². The molecule has 0 bridgehead atoms. The first-order chi connectivity index (χ1) is 11.6. The van der Waals surface area contributed by atoms with Gasteiger partial charge in [-0.25, -0.2) is 0 Å². The van der Waals surface area contributed by atoms with Crippen molar-refractivity contribution in [2.45, 2.75) is 44.2 Å². The van der Waals surface area contributed by atoms with Gasteiger partial charge in [0.2, 0.25) is 0 Å². The van der Waals surface area contributed by atoms with Gasteiger partial charge >= 0.3 is 0 Å². The number of H-pyrrole nitrogens is 1. The van der Waals surface area contributed by atoms with Crippen LogP contribution in [0.5, 0.6) is 0 Å². The number of hydrogen-bond acceptors (Lipinski definition) is 4. The van der Waals surface area contributed by atoms with Gasteiger partial charge in [-0.15, -0.1) is 11.3 Å². The Bertz CT molecular complexity index is 806. The SMILES string of the molecule is O=C(N[C@@H](c1cccs1)C1CC(O)C1)c1cc2c([nH]c1=O)CCC2. The monoisotopic (exact) mass is 344 g/mol. The van der Waals surface area contributed by atoms with Crippen molar-refractivity contribution in [3.05, 3.63) is 55.6 Å². The molecule has 24 heavy (non-hydrogen) atoms. The van der Waals surface area contributed by atoms with Crippen LogP contribution in [0.2, 0.25) is 0 Å². The van der Waals surface area contributed by atoms with Crippen molar-refractivity contribution in [1.82, 2.24) is 10.3 Å². The van der Waals surface area contributed by atoms with Gasteiger partial charge in [0.25, 0.3) is 11.5 Å². The third-order valence-corrected chi connectivity index (χ3v) is 6.05. The summed E-state index contributed by atoms with van der Waals surface area (Å²) in [5.41, 5.74) is 1.92. The zero-order valence-electron chi connectivity index (χ0n) is 13.2. The van der Waals surface area contributed by atoms with Crippen LogP contribution in [0.3, 0.4) is 0 Å². The number of carbonyl (C=O) groups is 1. The van der Waals surface area contributed by atoms with Crippen LogP contribution in [0.4, 0.5) is 0 Å². The normalized spacial score (nSPS) is 23.4. The number of fused-ring (bicyclic) bond motifs is 1. The first-order valence-electron chi connectivity index (χ1n) is 8.39. The summed E-state index contributed by atoms with van der Waals surface area (Å²) in [6, 6.07) is 5.55. The standard InChI is InChI=1S/C18H20N2O3S/c21-12-7-11(8-12)16(15-5-2-6-24-15)20-18(23)13-9-10-3-1-4-14(10)19-17(13)22/h2,5-6,9,11-12,16,21H,1,3-4,7-8H2,(H,19,22)(H,20,23)/t11?,12?,16-/m1/s1. The number of pyridine rings is 1. The van der Waals surface area contributed by atoms with Crippen molar-refractivity contribution in [2.24, 2.45) is 5.92 Å². The molecule has 4 rings (SSSR count). The van der Waals surface area contributed by atoms with Gasteiger partial charge in [-0.3, -0.25) is 9.59 Å². The van der Waals surface area contributed by atoms with Crippen molar-refractivity contribution in [2.75, 3.05) is 0 Å². The van der Waals surface area contributed by atoms with E-state index < -0.39 is 0 Å². The number of nitrogens with one attached hydrogen (secondary N) is 2. The molecular weight excluding hydrogens is 324 g/mol. The fourth-order valence-electron chi connectivity index (χ4n) is 3.69. The zero-order valence-corrected chi connectivity index (χ0v) is 14.1. The maximum atomic E-state index is 12.7. The van der Waals surface area contributed by atoms with Crippen molar-refractivity contribution < 1.29 is 9.90 Å². The van der Waals surface area contributed by atoms with Crippen LogP contribution in [0, 0.1) is 5.92 Å². The minimum atomic E-state index is -0.328. The van der Waals surface area contributed by atoms with Crippen molar-refractivity contribution >= 4 is 17.2 Å². The second kappa shape index (κ2) is 6.18. The van der Waals surface area contributed by atoms with E-state index in [2.05, 4.69) is 10.3 Å². The average Bonchev–Trinajstić information content (AvgIpc) is 3.19. The Morgan fingerprint density at radius 2 is 2.21 bits per heavy atom. The Morgan fingerprint density at radius 3 is 2.92 bits per heavy atom. The van der Waals surface area contributed by atoms with E-state index in [0.29, 0.717) is 12.8 Å². The molecule has 6 heteroatoms. The number of aliphatic hydroxyl groups is 1. The van der Waals surface area contributed by atoms with Crippen molar-refractivity contribution in [1.29, 1.82) is 0 Å². The molecule has 126 valence electrons. The summed E-state index contributed by atoms with van der Waals surface area (Å²) in [4.78, 5) is 28.9. The predicted octanol–water partition coefficient (Wildman–Crippen LogP) is 2.17. The topological polar surface area (TPSA) is 82.2 Å². The Labute approximate surface area is 143 Å².